The monoisotopic (exact) mass is 198 g/mol. The second kappa shape index (κ2) is 6.59. The molecule has 0 aliphatic heterocycles. The van der Waals surface area contributed by atoms with Gasteiger partial charge in [-0.1, -0.05) is 0 Å². The van der Waals surface area contributed by atoms with Crippen LogP contribution in [0.1, 0.15) is 12.0 Å². The van der Waals surface area contributed by atoms with E-state index in [1.165, 1.54) is 0 Å². The summed E-state index contributed by atoms with van der Waals surface area (Å²) in [4.78, 5) is 0. The minimum absolute atomic E-state index is 0.159. The third-order valence-corrected chi connectivity index (χ3v) is 2.15. The summed E-state index contributed by atoms with van der Waals surface area (Å²) in [5.74, 6) is 0. The summed E-state index contributed by atoms with van der Waals surface area (Å²) in [5.41, 5.74) is 6.65. The number of rotatable bonds is 7. The van der Waals surface area contributed by atoms with Crippen LogP contribution in [0.15, 0.2) is 23.0 Å². The molecule has 0 aliphatic rings. The smallest absolute Gasteiger partial charge is 0.0947 e. The van der Waals surface area contributed by atoms with Crippen molar-refractivity contribution in [1.82, 2.24) is 5.32 Å². The Morgan fingerprint density at radius 2 is 2.50 bits per heavy atom. The predicted octanol–water partition coefficient (Wildman–Crippen LogP) is 0.733. The molecule has 0 aliphatic carbocycles. The molecule has 0 fully saturated rings. The first-order valence-corrected chi connectivity index (χ1v) is 4.81. The Kier molecular flexibility index (Phi) is 5.29. The Hall–Kier alpha value is -0.840. The zero-order valence-electron chi connectivity index (χ0n) is 8.53. The highest BCUT2D eigenvalue weighted by Gasteiger charge is 2.03. The average Bonchev–Trinajstić information content (AvgIpc) is 2.71. The van der Waals surface area contributed by atoms with Crippen molar-refractivity contribution >= 4 is 0 Å². The first kappa shape index (κ1) is 11.2. The van der Waals surface area contributed by atoms with Gasteiger partial charge >= 0.3 is 0 Å². The van der Waals surface area contributed by atoms with Crippen LogP contribution in [0.5, 0.6) is 0 Å². The van der Waals surface area contributed by atoms with Crippen LogP contribution in [-0.2, 0) is 11.3 Å². The maximum absolute atomic E-state index is 5.49. The molecule has 0 amide bonds. The highest BCUT2D eigenvalue weighted by molar-refractivity contribution is 5.04. The molecule has 4 nitrogen and oxygen atoms in total. The fraction of sp³-hybridized carbons (Fsp3) is 0.600. The summed E-state index contributed by atoms with van der Waals surface area (Å²) >= 11 is 0. The Balaban J connectivity index is 2.04. The molecule has 1 aromatic rings. The van der Waals surface area contributed by atoms with Gasteiger partial charge in [-0.05, 0) is 19.0 Å². The van der Waals surface area contributed by atoms with E-state index in [1.807, 2.05) is 6.07 Å². The number of methoxy groups -OCH3 is 1. The number of ether oxygens (including phenoxy) is 1. The van der Waals surface area contributed by atoms with E-state index in [0.29, 0.717) is 6.54 Å². The maximum Gasteiger partial charge on any atom is 0.0947 e. The Labute approximate surface area is 84.4 Å². The number of nitrogens with one attached hydrogen (secondary N) is 1. The quantitative estimate of drug-likeness (QED) is 0.634. The van der Waals surface area contributed by atoms with Crippen LogP contribution in [0.3, 0.4) is 0 Å². The van der Waals surface area contributed by atoms with Gasteiger partial charge in [-0.15, -0.1) is 0 Å². The largest absolute Gasteiger partial charge is 0.472 e. The lowest BCUT2D eigenvalue weighted by molar-refractivity contribution is 0.102. The minimum atomic E-state index is 0.159. The van der Waals surface area contributed by atoms with Crippen LogP contribution in [-0.4, -0.2) is 26.3 Å². The molecule has 0 spiro atoms. The molecule has 1 rings (SSSR count). The predicted molar refractivity (Wildman–Crippen MR) is 54.9 cm³/mol. The third kappa shape index (κ3) is 3.91. The van der Waals surface area contributed by atoms with E-state index in [4.69, 9.17) is 14.9 Å². The molecule has 0 radical (unpaired) electrons. The molecule has 0 saturated heterocycles. The molecule has 1 aromatic heterocycles. The number of furan rings is 1. The van der Waals surface area contributed by atoms with E-state index < -0.39 is 0 Å². The molecule has 0 aromatic carbocycles. The standard InChI is InChI=1S/C10H18N2O2/c1-13-10(6-11)2-4-12-7-9-3-5-14-8-9/h3,5,8,10,12H,2,4,6-7,11H2,1H3. The number of hydrogen-bond acceptors (Lipinski definition) is 4. The van der Waals surface area contributed by atoms with Crippen molar-refractivity contribution in [3.05, 3.63) is 24.2 Å². The van der Waals surface area contributed by atoms with Gasteiger partial charge in [0.25, 0.3) is 0 Å². The van der Waals surface area contributed by atoms with E-state index in [-0.39, 0.29) is 6.10 Å². The molecule has 1 unspecified atom stereocenters. The van der Waals surface area contributed by atoms with Gasteiger partial charge in [0.15, 0.2) is 0 Å². The second-order valence-corrected chi connectivity index (χ2v) is 3.19. The molecular weight excluding hydrogens is 180 g/mol. The molecule has 0 saturated carbocycles. The molecule has 1 heterocycles. The first-order chi connectivity index (χ1) is 6.86. The zero-order valence-corrected chi connectivity index (χ0v) is 8.53. The molecule has 1 atom stereocenters. The fourth-order valence-electron chi connectivity index (χ4n) is 1.22. The van der Waals surface area contributed by atoms with Crippen molar-refractivity contribution in [1.29, 1.82) is 0 Å². The van der Waals surface area contributed by atoms with Gasteiger partial charge in [0.05, 0.1) is 18.6 Å². The van der Waals surface area contributed by atoms with Crippen molar-refractivity contribution < 1.29 is 9.15 Å². The first-order valence-electron chi connectivity index (χ1n) is 4.81. The van der Waals surface area contributed by atoms with Crippen LogP contribution < -0.4 is 11.1 Å². The normalized spacial score (nSPS) is 13.0. The maximum atomic E-state index is 5.49. The van der Waals surface area contributed by atoms with Gasteiger partial charge in [0.1, 0.15) is 0 Å². The summed E-state index contributed by atoms with van der Waals surface area (Å²) in [6.45, 7) is 2.31. The summed E-state index contributed by atoms with van der Waals surface area (Å²) in [6.07, 6.45) is 4.51. The lowest BCUT2D eigenvalue weighted by Crippen LogP contribution is -2.27. The topological polar surface area (TPSA) is 60.4 Å². The summed E-state index contributed by atoms with van der Waals surface area (Å²) in [5, 5.41) is 3.29. The summed E-state index contributed by atoms with van der Waals surface area (Å²) in [7, 11) is 1.69. The van der Waals surface area contributed by atoms with Crippen LogP contribution >= 0.6 is 0 Å². The van der Waals surface area contributed by atoms with Crippen LogP contribution in [0, 0.1) is 0 Å². The van der Waals surface area contributed by atoms with Gasteiger partial charge in [0.2, 0.25) is 0 Å². The van der Waals surface area contributed by atoms with E-state index >= 15 is 0 Å². The minimum Gasteiger partial charge on any atom is -0.472 e. The van der Waals surface area contributed by atoms with Crippen molar-refractivity contribution in [3.63, 3.8) is 0 Å². The Morgan fingerprint density at radius 3 is 3.07 bits per heavy atom. The SMILES string of the molecule is COC(CN)CCNCc1ccoc1. The average molecular weight is 198 g/mol. The summed E-state index contributed by atoms with van der Waals surface area (Å²) < 4.78 is 10.1. The van der Waals surface area contributed by atoms with Gasteiger partial charge in [0, 0.05) is 25.8 Å². The van der Waals surface area contributed by atoms with Crippen LogP contribution in [0.4, 0.5) is 0 Å². The molecule has 4 heteroatoms. The van der Waals surface area contributed by atoms with Gasteiger partial charge in [-0.3, -0.25) is 0 Å². The van der Waals surface area contributed by atoms with E-state index in [1.54, 1.807) is 19.6 Å². The fourth-order valence-corrected chi connectivity index (χ4v) is 1.22. The van der Waals surface area contributed by atoms with Gasteiger partial charge in [-0.25, -0.2) is 0 Å². The lowest BCUT2D eigenvalue weighted by atomic mass is 10.2. The van der Waals surface area contributed by atoms with E-state index in [0.717, 1.165) is 25.1 Å². The molecule has 80 valence electrons. The highest BCUT2D eigenvalue weighted by Crippen LogP contribution is 1.99. The van der Waals surface area contributed by atoms with Crippen molar-refractivity contribution in [2.24, 2.45) is 5.73 Å². The van der Waals surface area contributed by atoms with Gasteiger partial charge < -0.3 is 20.2 Å². The molecule has 3 N–H and O–H groups in total. The van der Waals surface area contributed by atoms with Crippen molar-refractivity contribution in [3.8, 4) is 0 Å². The van der Waals surface area contributed by atoms with Crippen LogP contribution in [0.2, 0.25) is 0 Å². The van der Waals surface area contributed by atoms with Crippen LogP contribution in [0.25, 0.3) is 0 Å². The van der Waals surface area contributed by atoms with Gasteiger partial charge in [-0.2, -0.15) is 0 Å². The highest BCUT2D eigenvalue weighted by atomic mass is 16.5. The van der Waals surface area contributed by atoms with Crippen molar-refractivity contribution in [2.45, 2.75) is 19.1 Å². The molecular formula is C10H18N2O2. The Morgan fingerprint density at radius 1 is 1.64 bits per heavy atom. The van der Waals surface area contributed by atoms with Crippen molar-refractivity contribution in [2.75, 3.05) is 20.2 Å². The zero-order chi connectivity index (χ0) is 10.2. The molecule has 0 bridgehead atoms. The second-order valence-electron chi connectivity index (χ2n) is 3.19. The number of nitrogens with two attached hydrogens (primary N) is 1. The van der Waals surface area contributed by atoms with E-state index in [9.17, 15) is 0 Å². The third-order valence-electron chi connectivity index (χ3n) is 2.15. The van der Waals surface area contributed by atoms with E-state index in [2.05, 4.69) is 5.32 Å². The Bertz CT molecular complexity index is 220. The lowest BCUT2D eigenvalue weighted by Gasteiger charge is -2.12. The summed E-state index contributed by atoms with van der Waals surface area (Å²) in [6, 6.07) is 1.95. The number of hydrogen-bond donors (Lipinski definition) is 2. The molecule has 14 heavy (non-hydrogen) atoms.